The van der Waals surface area contributed by atoms with Crippen LogP contribution >= 0.6 is 0 Å². The van der Waals surface area contributed by atoms with E-state index in [0.717, 1.165) is 12.8 Å². The van der Waals surface area contributed by atoms with Gasteiger partial charge in [-0.2, -0.15) is 0 Å². The second-order valence-corrected chi connectivity index (χ2v) is 2.34. The van der Waals surface area contributed by atoms with E-state index in [0.29, 0.717) is 0 Å². The van der Waals surface area contributed by atoms with E-state index in [4.69, 9.17) is 6.58 Å². The van der Waals surface area contributed by atoms with Gasteiger partial charge in [-0.1, -0.05) is 24.2 Å². The third-order valence-electron chi connectivity index (χ3n) is 1.38. The van der Waals surface area contributed by atoms with Gasteiger partial charge in [-0.05, 0) is 25.7 Å². The molecular weight excluding hydrogens is 138 g/mol. The molecule has 2 heteroatoms. The maximum atomic E-state index is 5.22. The summed E-state index contributed by atoms with van der Waals surface area (Å²) in [6, 6.07) is 0. The molecule has 0 aliphatic rings. The van der Waals surface area contributed by atoms with E-state index in [1.165, 1.54) is 19.3 Å². The van der Waals surface area contributed by atoms with Gasteiger partial charge in [-0.25, -0.2) is 0 Å². The highest BCUT2D eigenvalue weighted by molar-refractivity contribution is 5.55. The van der Waals surface area contributed by atoms with Crippen molar-refractivity contribution in [2.24, 2.45) is 5.16 Å². The summed E-state index contributed by atoms with van der Waals surface area (Å²) in [5.74, 6) is 0. The molecule has 0 aromatic heterocycles. The van der Waals surface area contributed by atoms with Crippen molar-refractivity contribution in [2.75, 3.05) is 7.11 Å². The molecule has 0 aromatic carbocycles. The molecule has 0 unspecified atom stereocenters. The zero-order valence-corrected chi connectivity index (χ0v) is 7.12. The molecule has 0 aromatic rings. The Balaban J connectivity index is 2.90. The van der Waals surface area contributed by atoms with E-state index in [2.05, 4.69) is 9.99 Å². The molecule has 0 amide bonds. The molecule has 1 radical (unpaired) electrons. The van der Waals surface area contributed by atoms with Crippen molar-refractivity contribution in [3.8, 4) is 0 Å². The summed E-state index contributed by atoms with van der Waals surface area (Å²) in [6.45, 7) is 5.22. The lowest BCUT2D eigenvalue weighted by molar-refractivity contribution is 0.214. The summed E-state index contributed by atoms with van der Waals surface area (Å²) in [7, 11) is 1.56. The Kier molecular flexibility index (Phi) is 8.55. The second kappa shape index (κ2) is 9.21. The molecule has 0 saturated carbocycles. The van der Waals surface area contributed by atoms with Crippen LogP contribution in [0.1, 0.15) is 32.1 Å². The number of hydrogen-bond acceptors (Lipinski definition) is 2. The van der Waals surface area contributed by atoms with E-state index < -0.39 is 0 Å². The van der Waals surface area contributed by atoms with Crippen LogP contribution in [0.4, 0.5) is 0 Å². The number of rotatable bonds is 7. The summed E-state index contributed by atoms with van der Waals surface area (Å²) in [6.07, 6.45) is 9.08. The van der Waals surface area contributed by atoms with Gasteiger partial charge in [0, 0.05) is 6.21 Å². The first kappa shape index (κ1) is 10.2. The molecule has 0 fully saturated rings. The Morgan fingerprint density at radius 1 is 1.27 bits per heavy atom. The molecule has 0 rings (SSSR count). The Morgan fingerprint density at radius 2 is 2.00 bits per heavy atom. The van der Waals surface area contributed by atoms with Gasteiger partial charge in [-0.3, -0.25) is 0 Å². The predicted octanol–water partition coefficient (Wildman–Crippen LogP) is 2.56. The fourth-order valence-electron chi connectivity index (χ4n) is 0.802. The molecule has 0 heterocycles. The maximum absolute atomic E-state index is 5.22. The predicted molar refractivity (Wildman–Crippen MR) is 47.5 cm³/mol. The molecule has 0 spiro atoms. The molecule has 0 bridgehead atoms. The lowest BCUT2D eigenvalue weighted by atomic mass is 10.1. The van der Waals surface area contributed by atoms with Crippen molar-refractivity contribution in [2.45, 2.75) is 32.1 Å². The van der Waals surface area contributed by atoms with E-state index in [-0.39, 0.29) is 0 Å². The Labute approximate surface area is 68.9 Å². The summed E-state index contributed by atoms with van der Waals surface area (Å²) in [5, 5.41) is 3.63. The summed E-state index contributed by atoms with van der Waals surface area (Å²) < 4.78 is 0. The molecule has 0 N–H and O–H groups in total. The zero-order chi connectivity index (χ0) is 8.36. The Morgan fingerprint density at radius 3 is 2.64 bits per heavy atom. The average Bonchev–Trinajstić information content (AvgIpc) is 2.03. The first-order valence-electron chi connectivity index (χ1n) is 4.00. The minimum atomic E-state index is 0.998. The highest BCUT2D eigenvalue weighted by Gasteiger charge is 1.84. The first-order valence-corrected chi connectivity index (χ1v) is 4.00. The third kappa shape index (κ3) is 9.21. The van der Waals surface area contributed by atoms with E-state index >= 15 is 0 Å². The summed E-state index contributed by atoms with van der Waals surface area (Å²) in [4.78, 5) is 4.51. The SMILES string of the molecule is [CH]=CCCCCCC=NOC. The van der Waals surface area contributed by atoms with Crippen LogP contribution in [0.2, 0.25) is 0 Å². The molecule has 0 aliphatic carbocycles. The highest BCUT2D eigenvalue weighted by Crippen LogP contribution is 2.01. The third-order valence-corrected chi connectivity index (χ3v) is 1.38. The number of unbranched alkanes of at least 4 members (excludes halogenated alkanes) is 4. The lowest BCUT2D eigenvalue weighted by Gasteiger charge is -1.93. The Hall–Kier alpha value is -0.790. The van der Waals surface area contributed by atoms with Crippen LogP contribution in [0.5, 0.6) is 0 Å². The van der Waals surface area contributed by atoms with Crippen molar-refractivity contribution >= 4 is 6.21 Å². The van der Waals surface area contributed by atoms with Crippen LogP contribution < -0.4 is 0 Å². The lowest BCUT2D eigenvalue weighted by Crippen LogP contribution is -1.79. The van der Waals surface area contributed by atoms with Gasteiger partial charge in [0.25, 0.3) is 0 Å². The molecule has 63 valence electrons. The second-order valence-electron chi connectivity index (χ2n) is 2.34. The maximum Gasteiger partial charge on any atom is 0.106 e. The van der Waals surface area contributed by atoms with Crippen molar-refractivity contribution in [3.63, 3.8) is 0 Å². The van der Waals surface area contributed by atoms with Crippen molar-refractivity contribution < 1.29 is 4.84 Å². The fourth-order valence-corrected chi connectivity index (χ4v) is 0.802. The minimum Gasteiger partial charge on any atom is -0.399 e. The Bertz CT molecular complexity index is 110. The van der Waals surface area contributed by atoms with Crippen molar-refractivity contribution in [3.05, 3.63) is 12.7 Å². The van der Waals surface area contributed by atoms with Crippen molar-refractivity contribution in [1.82, 2.24) is 0 Å². The zero-order valence-electron chi connectivity index (χ0n) is 7.12. The standard InChI is InChI=1S/C9H16NO/c1-3-4-5-6-7-8-9-10-11-2/h1,3,9H,4-8H2,2H3. The van der Waals surface area contributed by atoms with Crippen LogP contribution in [0, 0.1) is 6.58 Å². The number of hydrogen-bond donors (Lipinski definition) is 0. The van der Waals surface area contributed by atoms with E-state index in [9.17, 15) is 0 Å². The van der Waals surface area contributed by atoms with Crippen molar-refractivity contribution in [1.29, 1.82) is 0 Å². The van der Waals surface area contributed by atoms with Crippen LogP contribution in [0.3, 0.4) is 0 Å². The van der Waals surface area contributed by atoms with Gasteiger partial charge in [-0.15, -0.1) is 0 Å². The van der Waals surface area contributed by atoms with Gasteiger partial charge >= 0.3 is 0 Å². The first-order chi connectivity index (χ1) is 5.41. The van der Waals surface area contributed by atoms with Gasteiger partial charge in [0.2, 0.25) is 0 Å². The van der Waals surface area contributed by atoms with Crippen LogP contribution in [-0.4, -0.2) is 13.3 Å². The minimum absolute atomic E-state index is 0.998. The van der Waals surface area contributed by atoms with Gasteiger partial charge in [0.1, 0.15) is 7.11 Å². The smallest absolute Gasteiger partial charge is 0.106 e. The van der Waals surface area contributed by atoms with Gasteiger partial charge < -0.3 is 4.84 Å². The van der Waals surface area contributed by atoms with E-state index in [1.54, 1.807) is 19.4 Å². The van der Waals surface area contributed by atoms with Gasteiger partial charge in [0.05, 0.1) is 0 Å². The van der Waals surface area contributed by atoms with Crippen LogP contribution in [-0.2, 0) is 4.84 Å². The largest absolute Gasteiger partial charge is 0.399 e. The number of oxime groups is 1. The monoisotopic (exact) mass is 154 g/mol. The number of allylic oxidation sites excluding steroid dienone is 1. The summed E-state index contributed by atoms with van der Waals surface area (Å²) >= 11 is 0. The molecule has 0 saturated heterocycles. The molecule has 0 atom stereocenters. The normalized spacial score (nSPS) is 10.3. The summed E-state index contributed by atoms with van der Waals surface area (Å²) in [5.41, 5.74) is 0. The molecule has 2 nitrogen and oxygen atoms in total. The van der Waals surface area contributed by atoms with Crippen LogP contribution in [0.15, 0.2) is 11.2 Å². The molecule has 0 aliphatic heterocycles. The average molecular weight is 154 g/mol. The van der Waals surface area contributed by atoms with E-state index in [1.807, 2.05) is 0 Å². The quantitative estimate of drug-likeness (QED) is 0.314. The molecule has 11 heavy (non-hydrogen) atoms. The fraction of sp³-hybridized carbons (Fsp3) is 0.667. The number of nitrogens with zero attached hydrogens (tertiary/aromatic N) is 1. The van der Waals surface area contributed by atoms with Crippen LogP contribution in [0.25, 0.3) is 0 Å². The highest BCUT2D eigenvalue weighted by atomic mass is 16.6. The molecular formula is C9H16NO. The van der Waals surface area contributed by atoms with Gasteiger partial charge in [0.15, 0.2) is 0 Å². The topological polar surface area (TPSA) is 21.6 Å².